The van der Waals surface area contributed by atoms with Gasteiger partial charge in [-0.05, 0) is 51.0 Å². The summed E-state index contributed by atoms with van der Waals surface area (Å²) < 4.78 is 16.3. The lowest BCUT2D eigenvalue weighted by atomic mass is 10.0. The zero-order valence-corrected chi connectivity index (χ0v) is 23.2. The summed E-state index contributed by atoms with van der Waals surface area (Å²) >= 11 is 0. The summed E-state index contributed by atoms with van der Waals surface area (Å²) in [5.41, 5.74) is 2.09. The molecule has 0 saturated heterocycles. The molecule has 0 aliphatic heterocycles. The van der Waals surface area contributed by atoms with Crippen molar-refractivity contribution in [2.75, 3.05) is 34.4 Å². The number of nitrogens with zero attached hydrogens (tertiary/aromatic N) is 1. The van der Waals surface area contributed by atoms with Crippen molar-refractivity contribution >= 4 is 29.9 Å². The van der Waals surface area contributed by atoms with Crippen LogP contribution in [0.1, 0.15) is 44.9 Å². The van der Waals surface area contributed by atoms with Crippen LogP contribution in [-0.2, 0) is 6.54 Å². The van der Waals surface area contributed by atoms with Gasteiger partial charge in [-0.1, -0.05) is 30.3 Å². The molecule has 0 amide bonds. The van der Waals surface area contributed by atoms with Crippen molar-refractivity contribution in [3.05, 3.63) is 53.6 Å². The van der Waals surface area contributed by atoms with E-state index in [2.05, 4.69) is 67.9 Å². The number of hydrogen-bond acceptors (Lipinski definition) is 5. The van der Waals surface area contributed by atoms with Crippen molar-refractivity contribution in [1.29, 1.82) is 0 Å². The first-order valence-corrected chi connectivity index (χ1v) is 11.0. The fourth-order valence-corrected chi connectivity index (χ4v) is 3.51. The van der Waals surface area contributed by atoms with Gasteiger partial charge in [0.05, 0.1) is 27.9 Å². The highest BCUT2D eigenvalue weighted by Crippen LogP contribution is 2.38. The maximum absolute atomic E-state index is 5.45. The smallest absolute Gasteiger partial charge is 0.203 e. The number of halogens is 1. The third-order valence-corrected chi connectivity index (χ3v) is 5.09. The maximum Gasteiger partial charge on any atom is 0.203 e. The van der Waals surface area contributed by atoms with E-state index in [-0.39, 0.29) is 35.6 Å². The first kappa shape index (κ1) is 28.8. The van der Waals surface area contributed by atoms with E-state index in [1.165, 1.54) is 5.56 Å². The van der Waals surface area contributed by atoms with Crippen LogP contribution in [0.3, 0.4) is 0 Å². The van der Waals surface area contributed by atoms with Crippen LogP contribution in [0.4, 0.5) is 0 Å². The van der Waals surface area contributed by atoms with Crippen molar-refractivity contribution in [3.63, 3.8) is 0 Å². The van der Waals surface area contributed by atoms with Gasteiger partial charge < -0.3 is 30.2 Å². The van der Waals surface area contributed by atoms with E-state index >= 15 is 0 Å². The highest BCUT2D eigenvalue weighted by Gasteiger charge is 2.21. The van der Waals surface area contributed by atoms with Gasteiger partial charge in [-0.2, -0.15) is 0 Å². The Morgan fingerprint density at radius 1 is 0.970 bits per heavy atom. The zero-order valence-electron chi connectivity index (χ0n) is 20.8. The SMILES string of the molecule is CCNC(=NCc1cc(OC)c(OC)c(OC)c1)NCC(C)(C)NC(C)c1ccccc1.I. The third-order valence-electron chi connectivity index (χ3n) is 5.09. The molecule has 3 N–H and O–H groups in total. The molecule has 2 aromatic carbocycles. The minimum absolute atomic E-state index is 0. The van der Waals surface area contributed by atoms with Gasteiger partial charge in [-0.25, -0.2) is 4.99 Å². The second-order valence-electron chi connectivity index (χ2n) is 8.24. The van der Waals surface area contributed by atoms with Crippen LogP contribution in [0.25, 0.3) is 0 Å². The Morgan fingerprint density at radius 2 is 1.58 bits per heavy atom. The summed E-state index contributed by atoms with van der Waals surface area (Å²) in [7, 11) is 4.82. The van der Waals surface area contributed by atoms with Gasteiger partial charge in [-0.3, -0.25) is 0 Å². The van der Waals surface area contributed by atoms with E-state index in [9.17, 15) is 0 Å². The summed E-state index contributed by atoms with van der Waals surface area (Å²) in [4.78, 5) is 4.75. The third kappa shape index (κ3) is 8.92. The Bertz CT molecular complexity index is 850. The number of aliphatic imine (C=N–C) groups is 1. The molecule has 1 atom stereocenters. The lowest BCUT2D eigenvalue weighted by Crippen LogP contribution is -2.52. The van der Waals surface area contributed by atoms with Crippen LogP contribution in [0.2, 0.25) is 0 Å². The molecule has 0 aliphatic carbocycles. The summed E-state index contributed by atoms with van der Waals surface area (Å²) in [6, 6.07) is 14.5. The minimum atomic E-state index is -0.141. The molecule has 8 heteroatoms. The maximum atomic E-state index is 5.45. The van der Waals surface area contributed by atoms with Crippen molar-refractivity contribution < 1.29 is 14.2 Å². The zero-order chi connectivity index (χ0) is 23.6. The van der Waals surface area contributed by atoms with Gasteiger partial charge in [0.25, 0.3) is 0 Å². The molecule has 7 nitrogen and oxygen atoms in total. The van der Waals surface area contributed by atoms with Gasteiger partial charge in [0, 0.05) is 24.7 Å². The largest absolute Gasteiger partial charge is 0.493 e. The van der Waals surface area contributed by atoms with Crippen molar-refractivity contribution in [2.45, 2.75) is 45.8 Å². The van der Waals surface area contributed by atoms with Gasteiger partial charge >= 0.3 is 0 Å². The molecule has 0 aliphatic rings. The lowest BCUT2D eigenvalue weighted by Gasteiger charge is -2.31. The molecule has 2 aromatic rings. The highest BCUT2D eigenvalue weighted by molar-refractivity contribution is 14.0. The monoisotopic (exact) mass is 570 g/mol. The van der Waals surface area contributed by atoms with Crippen LogP contribution in [0, 0.1) is 0 Å². The first-order valence-electron chi connectivity index (χ1n) is 11.0. The van der Waals surface area contributed by atoms with E-state index in [1.54, 1.807) is 21.3 Å². The molecule has 184 valence electrons. The van der Waals surface area contributed by atoms with Gasteiger partial charge in [-0.15, -0.1) is 24.0 Å². The van der Waals surface area contributed by atoms with Crippen LogP contribution in [-0.4, -0.2) is 45.9 Å². The number of guanidine groups is 1. The van der Waals surface area contributed by atoms with Gasteiger partial charge in [0.2, 0.25) is 5.75 Å². The van der Waals surface area contributed by atoms with E-state index in [1.807, 2.05) is 18.2 Å². The van der Waals surface area contributed by atoms with Crippen LogP contribution >= 0.6 is 24.0 Å². The highest BCUT2D eigenvalue weighted by atomic mass is 127. The van der Waals surface area contributed by atoms with Crippen LogP contribution < -0.4 is 30.2 Å². The molecular weight excluding hydrogens is 531 g/mol. The number of rotatable bonds is 11. The molecule has 0 fully saturated rings. The number of methoxy groups -OCH3 is 3. The van der Waals surface area contributed by atoms with E-state index in [4.69, 9.17) is 19.2 Å². The molecule has 0 spiro atoms. The van der Waals surface area contributed by atoms with Gasteiger partial charge in [0.15, 0.2) is 17.5 Å². The average molecular weight is 571 g/mol. The Hall–Kier alpha value is -2.20. The minimum Gasteiger partial charge on any atom is -0.493 e. The molecule has 0 bridgehead atoms. The van der Waals surface area contributed by atoms with Crippen LogP contribution in [0.15, 0.2) is 47.5 Å². The number of benzene rings is 2. The number of nitrogens with one attached hydrogen (secondary N) is 3. The molecule has 0 saturated carbocycles. The second kappa shape index (κ2) is 14.1. The molecular formula is C25H39IN4O3. The molecule has 1 unspecified atom stereocenters. The van der Waals surface area contributed by atoms with Crippen molar-refractivity contribution in [2.24, 2.45) is 4.99 Å². The van der Waals surface area contributed by atoms with Crippen molar-refractivity contribution in [3.8, 4) is 17.2 Å². The fourth-order valence-electron chi connectivity index (χ4n) is 3.51. The summed E-state index contributed by atoms with van der Waals surface area (Å²) in [6.45, 7) is 10.6. The van der Waals surface area contributed by atoms with Crippen molar-refractivity contribution in [1.82, 2.24) is 16.0 Å². The Labute approximate surface area is 215 Å². The molecule has 2 rings (SSSR count). The first-order chi connectivity index (χ1) is 15.3. The number of hydrogen-bond donors (Lipinski definition) is 3. The molecule has 33 heavy (non-hydrogen) atoms. The van der Waals surface area contributed by atoms with E-state index < -0.39 is 0 Å². The molecule has 0 aromatic heterocycles. The predicted molar refractivity (Wildman–Crippen MR) is 146 cm³/mol. The Kier molecular flexibility index (Phi) is 12.4. The molecule has 0 heterocycles. The quantitative estimate of drug-likeness (QED) is 0.210. The Balaban J connectivity index is 0.00000544. The van der Waals surface area contributed by atoms with Crippen LogP contribution in [0.5, 0.6) is 17.2 Å². The lowest BCUT2D eigenvalue weighted by molar-refractivity contribution is 0.324. The predicted octanol–water partition coefficient (Wildman–Crippen LogP) is 4.51. The number of ether oxygens (including phenoxy) is 3. The topological polar surface area (TPSA) is 76.1 Å². The normalized spacial score (nSPS) is 12.4. The average Bonchev–Trinajstić information content (AvgIpc) is 2.80. The summed E-state index contributed by atoms with van der Waals surface area (Å²) in [5.74, 6) is 2.57. The summed E-state index contributed by atoms with van der Waals surface area (Å²) in [6.07, 6.45) is 0. The molecule has 0 radical (unpaired) electrons. The Morgan fingerprint density at radius 3 is 2.09 bits per heavy atom. The second-order valence-corrected chi connectivity index (χ2v) is 8.24. The van der Waals surface area contributed by atoms with E-state index in [0.29, 0.717) is 30.3 Å². The fraction of sp³-hybridized carbons (Fsp3) is 0.480. The summed E-state index contributed by atoms with van der Waals surface area (Å²) in [5, 5.41) is 10.5. The van der Waals surface area contributed by atoms with Gasteiger partial charge in [0.1, 0.15) is 0 Å². The van der Waals surface area contributed by atoms with E-state index in [0.717, 1.165) is 18.1 Å². The standard InChI is InChI=1S/C25H38N4O3.HI/c1-8-26-24(27-16-19-14-21(30-5)23(32-7)22(15-19)31-6)28-17-25(3,4)29-18(2)20-12-10-9-11-13-20;/h9-15,18,29H,8,16-17H2,1-7H3,(H2,26,27,28);1H.